The minimum absolute atomic E-state index is 0.0426. The number of phenolic OH excluding ortho intramolecular Hbond substituents is 2. The van der Waals surface area contributed by atoms with Crippen LogP contribution in [0.2, 0.25) is 0 Å². The molecule has 0 aliphatic carbocycles. The van der Waals surface area contributed by atoms with Crippen LogP contribution in [-0.4, -0.2) is 93.2 Å². The Balaban J connectivity index is 2.10. The summed E-state index contributed by atoms with van der Waals surface area (Å²) >= 11 is 0. The molecule has 0 aromatic heterocycles. The van der Waals surface area contributed by atoms with Gasteiger partial charge in [0.15, 0.2) is 0 Å². The third-order valence-corrected chi connectivity index (χ3v) is 6.46. The van der Waals surface area contributed by atoms with Crippen LogP contribution in [0, 0.1) is 0 Å². The summed E-state index contributed by atoms with van der Waals surface area (Å²) < 4.78 is 0. The molecule has 2 aromatic carbocycles. The number of hydrogen-bond donors (Lipinski definition) is 6. The second kappa shape index (κ2) is 14.1. The predicted octanol–water partition coefficient (Wildman–Crippen LogP) is 3.04. The van der Waals surface area contributed by atoms with E-state index in [4.69, 9.17) is 0 Å². The molecule has 2 rings (SSSR count). The van der Waals surface area contributed by atoms with E-state index in [2.05, 4.69) is 10.6 Å². The van der Waals surface area contributed by atoms with Crippen LogP contribution in [0.3, 0.4) is 0 Å². The fraction of sp³-hybridized carbons (Fsp3) is 0.467. The summed E-state index contributed by atoms with van der Waals surface area (Å²) in [5, 5.41) is 44.4. The molecule has 0 aliphatic heterocycles. The first kappa shape index (κ1) is 34.0. The molecule has 0 spiro atoms. The molecule has 0 radical (unpaired) electrons. The largest absolute Gasteiger partial charge is 0.506 e. The number of aromatic hydroxyl groups is 2. The highest BCUT2D eigenvalue weighted by molar-refractivity contribution is 5.94. The van der Waals surface area contributed by atoms with E-state index in [1.54, 1.807) is 24.3 Å². The minimum Gasteiger partial charge on any atom is -0.506 e. The lowest BCUT2D eigenvalue weighted by Gasteiger charge is -2.25. The lowest BCUT2D eigenvalue weighted by Crippen LogP contribution is -2.44. The van der Waals surface area contributed by atoms with E-state index in [1.807, 2.05) is 41.5 Å². The highest BCUT2D eigenvalue weighted by Crippen LogP contribution is 2.31. The van der Waals surface area contributed by atoms with Gasteiger partial charge in [0.05, 0.1) is 37.6 Å². The molecule has 0 heterocycles. The first-order chi connectivity index (χ1) is 19.3. The van der Waals surface area contributed by atoms with Crippen LogP contribution in [0.1, 0.15) is 52.7 Å². The van der Waals surface area contributed by atoms with Crippen molar-refractivity contribution in [2.45, 2.75) is 52.4 Å². The standard InChI is InChI=1S/C30H42N4O8/c1-29(2,3)19-7-9-23(35)21(13-19)31-25(37)15-33(17-27(39)40)11-12-34(18-28(41)42)16-26(38)32-22-14-20(30(4,5)6)8-10-24(22)36/h7-10,13-14,35-36H,11-12,15-18H2,1-6H3,(H,31,37)(H,32,38)(H,39,40)(H,41,42). The van der Waals surface area contributed by atoms with Crippen LogP contribution in [0.25, 0.3) is 0 Å². The van der Waals surface area contributed by atoms with Gasteiger partial charge in [-0.2, -0.15) is 0 Å². The van der Waals surface area contributed by atoms with Gasteiger partial charge in [-0.05, 0) is 46.2 Å². The number of amides is 2. The van der Waals surface area contributed by atoms with E-state index in [0.717, 1.165) is 11.1 Å². The van der Waals surface area contributed by atoms with Crippen molar-refractivity contribution in [1.82, 2.24) is 9.80 Å². The molecule has 0 fully saturated rings. The Hall–Kier alpha value is -4.16. The molecule has 6 N–H and O–H groups in total. The molecule has 0 atom stereocenters. The highest BCUT2D eigenvalue weighted by Gasteiger charge is 2.22. The van der Waals surface area contributed by atoms with Crippen molar-refractivity contribution < 1.29 is 39.6 Å². The van der Waals surface area contributed by atoms with E-state index in [9.17, 15) is 39.6 Å². The van der Waals surface area contributed by atoms with Crippen LogP contribution < -0.4 is 10.6 Å². The number of rotatable bonds is 13. The normalized spacial score (nSPS) is 11.9. The van der Waals surface area contributed by atoms with Gasteiger partial charge in [-0.3, -0.25) is 29.0 Å². The monoisotopic (exact) mass is 586 g/mol. The van der Waals surface area contributed by atoms with Crippen LogP contribution in [0.15, 0.2) is 36.4 Å². The number of hydrogen-bond acceptors (Lipinski definition) is 8. The van der Waals surface area contributed by atoms with Gasteiger partial charge in [0.1, 0.15) is 11.5 Å². The van der Waals surface area contributed by atoms with Crippen molar-refractivity contribution in [2.75, 3.05) is 49.9 Å². The van der Waals surface area contributed by atoms with E-state index < -0.39 is 36.8 Å². The predicted molar refractivity (Wildman–Crippen MR) is 159 cm³/mol. The maximum Gasteiger partial charge on any atom is 0.317 e. The Bertz CT molecular complexity index is 1200. The van der Waals surface area contributed by atoms with Crippen molar-refractivity contribution in [1.29, 1.82) is 0 Å². The molecular formula is C30H42N4O8. The van der Waals surface area contributed by atoms with E-state index >= 15 is 0 Å². The number of nitrogens with zero attached hydrogens (tertiary/aromatic N) is 2. The summed E-state index contributed by atoms with van der Waals surface area (Å²) in [5.74, 6) is -3.82. The fourth-order valence-corrected chi connectivity index (χ4v) is 4.08. The lowest BCUT2D eigenvalue weighted by atomic mass is 9.87. The SMILES string of the molecule is CC(C)(C)c1ccc(O)c(NC(=O)CN(CCN(CC(=O)O)CC(=O)Nc2cc(C(C)(C)C)ccc2O)CC(=O)O)c1. The Kier molecular flexibility index (Phi) is 11.5. The zero-order valence-electron chi connectivity index (χ0n) is 25.0. The molecule has 0 saturated carbocycles. The van der Waals surface area contributed by atoms with E-state index in [0.29, 0.717) is 0 Å². The molecular weight excluding hydrogens is 544 g/mol. The summed E-state index contributed by atoms with van der Waals surface area (Å²) in [5.41, 5.74) is 1.64. The first-order valence-electron chi connectivity index (χ1n) is 13.5. The van der Waals surface area contributed by atoms with E-state index in [1.165, 1.54) is 21.9 Å². The minimum atomic E-state index is -1.20. The average Bonchev–Trinajstić information content (AvgIpc) is 2.83. The Morgan fingerprint density at radius 3 is 1.24 bits per heavy atom. The van der Waals surface area contributed by atoms with E-state index in [-0.39, 0.29) is 59.9 Å². The Morgan fingerprint density at radius 1 is 0.619 bits per heavy atom. The zero-order chi connectivity index (χ0) is 31.8. The number of phenols is 2. The quantitative estimate of drug-likeness (QED) is 0.191. The molecule has 0 bridgehead atoms. The molecule has 2 amide bonds. The molecule has 42 heavy (non-hydrogen) atoms. The number of aliphatic carboxylic acids is 2. The summed E-state index contributed by atoms with van der Waals surface area (Å²) in [6.07, 6.45) is 0. The first-order valence-corrected chi connectivity index (χ1v) is 13.5. The maximum absolute atomic E-state index is 12.8. The second-order valence-corrected chi connectivity index (χ2v) is 12.3. The molecule has 2 aromatic rings. The summed E-state index contributed by atoms with van der Waals surface area (Å²) in [6.45, 7) is 10.1. The number of carbonyl (C=O) groups is 4. The van der Waals surface area contributed by atoms with Crippen molar-refractivity contribution in [2.24, 2.45) is 0 Å². The highest BCUT2D eigenvalue weighted by atomic mass is 16.4. The topological polar surface area (TPSA) is 180 Å². The summed E-state index contributed by atoms with van der Waals surface area (Å²) in [6, 6.07) is 9.74. The number of carboxylic acid groups (broad SMARTS) is 2. The van der Waals surface area contributed by atoms with Crippen molar-refractivity contribution in [3.63, 3.8) is 0 Å². The van der Waals surface area contributed by atoms with Gasteiger partial charge in [-0.15, -0.1) is 0 Å². The van der Waals surface area contributed by atoms with Crippen molar-refractivity contribution in [3.05, 3.63) is 47.5 Å². The van der Waals surface area contributed by atoms with Gasteiger partial charge in [-0.1, -0.05) is 53.7 Å². The van der Waals surface area contributed by atoms with Crippen LogP contribution >= 0.6 is 0 Å². The van der Waals surface area contributed by atoms with Gasteiger partial charge in [0.25, 0.3) is 0 Å². The van der Waals surface area contributed by atoms with Gasteiger partial charge < -0.3 is 31.1 Å². The van der Waals surface area contributed by atoms with Gasteiger partial charge >= 0.3 is 11.9 Å². The average molecular weight is 587 g/mol. The molecule has 0 unspecified atom stereocenters. The van der Waals surface area contributed by atoms with Crippen molar-refractivity contribution >= 4 is 35.1 Å². The molecule has 12 heteroatoms. The number of nitrogens with one attached hydrogen (secondary N) is 2. The van der Waals surface area contributed by atoms with Crippen molar-refractivity contribution in [3.8, 4) is 11.5 Å². The lowest BCUT2D eigenvalue weighted by molar-refractivity contribution is -0.140. The van der Waals surface area contributed by atoms with Gasteiger partial charge in [0.2, 0.25) is 11.8 Å². The molecule has 0 aliphatic rings. The number of carbonyl (C=O) groups excluding carboxylic acids is 2. The zero-order valence-corrected chi connectivity index (χ0v) is 25.0. The summed E-state index contributed by atoms with van der Waals surface area (Å²) in [4.78, 5) is 51.2. The Labute approximate surface area is 245 Å². The number of anilines is 2. The number of carboxylic acids is 2. The Morgan fingerprint density at radius 2 is 0.952 bits per heavy atom. The fourth-order valence-electron chi connectivity index (χ4n) is 4.08. The maximum atomic E-state index is 12.8. The number of benzene rings is 2. The molecule has 230 valence electrons. The third kappa shape index (κ3) is 11.0. The van der Waals surface area contributed by atoms with Gasteiger partial charge in [0, 0.05) is 13.1 Å². The summed E-state index contributed by atoms with van der Waals surface area (Å²) in [7, 11) is 0. The molecule has 12 nitrogen and oxygen atoms in total. The van der Waals surface area contributed by atoms with Crippen LogP contribution in [-0.2, 0) is 30.0 Å². The van der Waals surface area contributed by atoms with Crippen LogP contribution in [0.5, 0.6) is 11.5 Å². The second-order valence-electron chi connectivity index (χ2n) is 12.3. The van der Waals surface area contributed by atoms with Gasteiger partial charge in [-0.25, -0.2) is 0 Å². The third-order valence-electron chi connectivity index (χ3n) is 6.46. The smallest absolute Gasteiger partial charge is 0.317 e. The molecule has 0 saturated heterocycles. The van der Waals surface area contributed by atoms with Crippen LogP contribution in [0.4, 0.5) is 11.4 Å².